The Hall–Kier alpha value is -1.88. The predicted octanol–water partition coefficient (Wildman–Crippen LogP) is 3.41. The number of hydrogen-bond donors (Lipinski definition) is 1. The SMILES string of the molecule is COc1ccc(C(=O)c2ccc(N)c(Br)c2)cc1F. The summed E-state index contributed by atoms with van der Waals surface area (Å²) in [6, 6.07) is 8.94. The molecule has 5 heteroatoms. The number of methoxy groups -OCH3 is 1. The highest BCUT2D eigenvalue weighted by molar-refractivity contribution is 9.10. The number of halogens is 2. The predicted molar refractivity (Wildman–Crippen MR) is 74.9 cm³/mol. The van der Waals surface area contributed by atoms with Crippen LogP contribution in [0.15, 0.2) is 40.9 Å². The summed E-state index contributed by atoms with van der Waals surface area (Å²) in [5, 5.41) is 0. The van der Waals surface area contributed by atoms with Crippen molar-refractivity contribution in [1.29, 1.82) is 0 Å². The molecule has 0 radical (unpaired) electrons. The van der Waals surface area contributed by atoms with Crippen LogP contribution in [0, 0.1) is 5.82 Å². The van der Waals surface area contributed by atoms with Crippen LogP contribution in [-0.4, -0.2) is 12.9 Å². The zero-order valence-corrected chi connectivity index (χ0v) is 11.7. The van der Waals surface area contributed by atoms with Gasteiger partial charge in [0.25, 0.3) is 0 Å². The molecule has 3 nitrogen and oxygen atoms in total. The average molecular weight is 324 g/mol. The molecular formula is C14H11BrFNO2. The van der Waals surface area contributed by atoms with Crippen molar-refractivity contribution < 1.29 is 13.9 Å². The molecular weight excluding hydrogens is 313 g/mol. The highest BCUT2D eigenvalue weighted by Crippen LogP contribution is 2.24. The smallest absolute Gasteiger partial charge is 0.193 e. The van der Waals surface area contributed by atoms with Crippen molar-refractivity contribution in [2.24, 2.45) is 0 Å². The Morgan fingerprint density at radius 3 is 2.42 bits per heavy atom. The van der Waals surface area contributed by atoms with Crippen molar-refractivity contribution >= 4 is 27.4 Å². The van der Waals surface area contributed by atoms with Gasteiger partial charge in [-0.25, -0.2) is 4.39 Å². The van der Waals surface area contributed by atoms with Gasteiger partial charge in [-0.3, -0.25) is 4.79 Å². The van der Waals surface area contributed by atoms with Gasteiger partial charge < -0.3 is 10.5 Å². The van der Waals surface area contributed by atoms with Gasteiger partial charge in [-0.2, -0.15) is 0 Å². The first-order valence-corrected chi connectivity index (χ1v) is 6.25. The van der Waals surface area contributed by atoms with E-state index in [2.05, 4.69) is 15.9 Å². The summed E-state index contributed by atoms with van der Waals surface area (Å²) in [5.74, 6) is -0.736. The lowest BCUT2D eigenvalue weighted by Crippen LogP contribution is -2.03. The van der Waals surface area contributed by atoms with Gasteiger partial charge in [0, 0.05) is 21.3 Å². The van der Waals surface area contributed by atoms with Crippen molar-refractivity contribution in [2.45, 2.75) is 0 Å². The Bertz CT molecular complexity index is 643. The molecule has 0 aromatic heterocycles. The summed E-state index contributed by atoms with van der Waals surface area (Å²) < 4.78 is 19.0. The molecule has 0 aliphatic carbocycles. The molecule has 0 atom stereocenters. The van der Waals surface area contributed by atoms with Crippen LogP contribution in [0.5, 0.6) is 5.75 Å². The van der Waals surface area contributed by atoms with Crippen molar-refractivity contribution in [3.63, 3.8) is 0 Å². The second-order valence-corrected chi connectivity index (χ2v) is 4.77. The quantitative estimate of drug-likeness (QED) is 0.695. The third kappa shape index (κ3) is 2.76. The molecule has 0 amide bonds. The minimum absolute atomic E-state index is 0.107. The lowest BCUT2D eigenvalue weighted by atomic mass is 10.0. The Morgan fingerprint density at radius 1 is 1.21 bits per heavy atom. The molecule has 98 valence electrons. The van der Waals surface area contributed by atoms with E-state index in [1.54, 1.807) is 18.2 Å². The zero-order chi connectivity index (χ0) is 14.0. The second-order valence-electron chi connectivity index (χ2n) is 3.91. The number of rotatable bonds is 3. The largest absolute Gasteiger partial charge is 0.494 e. The molecule has 2 aromatic rings. The van der Waals surface area contributed by atoms with Crippen molar-refractivity contribution in [2.75, 3.05) is 12.8 Å². The van der Waals surface area contributed by atoms with Crippen LogP contribution in [0.3, 0.4) is 0 Å². The van der Waals surface area contributed by atoms with E-state index >= 15 is 0 Å². The molecule has 2 N–H and O–H groups in total. The van der Waals surface area contributed by atoms with E-state index in [0.717, 1.165) is 6.07 Å². The van der Waals surface area contributed by atoms with Crippen molar-refractivity contribution in [3.8, 4) is 5.75 Å². The topological polar surface area (TPSA) is 52.3 Å². The third-order valence-electron chi connectivity index (χ3n) is 2.68. The second kappa shape index (κ2) is 5.40. The summed E-state index contributed by atoms with van der Waals surface area (Å²) in [4.78, 5) is 12.2. The summed E-state index contributed by atoms with van der Waals surface area (Å²) in [6.07, 6.45) is 0. The number of carbonyl (C=O) groups is 1. The molecule has 0 spiro atoms. The minimum Gasteiger partial charge on any atom is -0.494 e. The highest BCUT2D eigenvalue weighted by Gasteiger charge is 2.13. The van der Waals surface area contributed by atoms with Crippen LogP contribution in [-0.2, 0) is 0 Å². The normalized spacial score (nSPS) is 10.3. The van der Waals surface area contributed by atoms with Crippen LogP contribution < -0.4 is 10.5 Å². The Kier molecular flexibility index (Phi) is 3.85. The molecule has 0 heterocycles. The summed E-state index contributed by atoms with van der Waals surface area (Å²) in [6.45, 7) is 0. The zero-order valence-electron chi connectivity index (χ0n) is 10.1. The first-order valence-electron chi connectivity index (χ1n) is 5.46. The Morgan fingerprint density at radius 2 is 1.84 bits per heavy atom. The molecule has 0 aliphatic heterocycles. The van der Waals surface area contributed by atoms with E-state index in [1.807, 2.05) is 0 Å². The van der Waals surface area contributed by atoms with E-state index in [4.69, 9.17) is 10.5 Å². The van der Waals surface area contributed by atoms with E-state index in [0.29, 0.717) is 15.7 Å². The van der Waals surface area contributed by atoms with Crippen LogP contribution in [0.4, 0.5) is 10.1 Å². The van der Waals surface area contributed by atoms with E-state index in [9.17, 15) is 9.18 Å². The number of ketones is 1. The third-order valence-corrected chi connectivity index (χ3v) is 3.36. The first-order chi connectivity index (χ1) is 9.02. The molecule has 2 aromatic carbocycles. The Balaban J connectivity index is 2.38. The Labute approximate surface area is 118 Å². The van der Waals surface area contributed by atoms with Crippen LogP contribution in [0.2, 0.25) is 0 Å². The summed E-state index contributed by atoms with van der Waals surface area (Å²) >= 11 is 3.25. The van der Waals surface area contributed by atoms with Gasteiger partial charge in [0.1, 0.15) is 0 Å². The van der Waals surface area contributed by atoms with E-state index in [1.165, 1.54) is 19.2 Å². The number of nitrogen functional groups attached to an aromatic ring is 1. The van der Waals surface area contributed by atoms with Gasteiger partial charge in [-0.05, 0) is 52.3 Å². The molecule has 0 unspecified atom stereocenters. The van der Waals surface area contributed by atoms with Gasteiger partial charge in [-0.15, -0.1) is 0 Å². The molecule has 2 rings (SSSR count). The number of hydrogen-bond acceptors (Lipinski definition) is 3. The van der Waals surface area contributed by atoms with Crippen LogP contribution in [0.1, 0.15) is 15.9 Å². The number of benzene rings is 2. The monoisotopic (exact) mass is 323 g/mol. The van der Waals surface area contributed by atoms with Crippen molar-refractivity contribution in [1.82, 2.24) is 0 Å². The fourth-order valence-electron chi connectivity index (χ4n) is 1.64. The number of ether oxygens (including phenoxy) is 1. The van der Waals surface area contributed by atoms with Gasteiger partial charge >= 0.3 is 0 Å². The lowest BCUT2D eigenvalue weighted by Gasteiger charge is -2.06. The molecule has 19 heavy (non-hydrogen) atoms. The number of anilines is 1. The molecule has 0 bridgehead atoms. The molecule has 0 saturated carbocycles. The van der Waals surface area contributed by atoms with Crippen molar-refractivity contribution in [3.05, 3.63) is 57.8 Å². The number of nitrogens with two attached hydrogens (primary N) is 1. The lowest BCUT2D eigenvalue weighted by molar-refractivity contribution is 0.103. The fourth-order valence-corrected chi connectivity index (χ4v) is 2.02. The minimum atomic E-state index is -0.567. The van der Waals surface area contributed by atoms with E-state index in [-0.39, 0.29) is 17.1 Å². The average Bonchev–Trinajstić information content (AvgIpc) is 2.41. The molecule has 0 aliphatic rings. The molecule has 0 fully saturated rings. The number of carbonyl (C=O) groups excluding carboxylic acids is 1. The van der Waals surface area contributed by atoms with E-state index < -0.39 is 5.82 Å². The summed E-state index contributed by atoms with van der Waals surface area (Å²) in [5.41, 5.74) is 6.89. The van der Waals surface area contributed by atoms with Crippen LogP contribution in [0.25, 0.3) is 0 Å². The maximum Gasteiger partial charge on any atom is 0.193 e. The summed E-state index contributed by atoms with van der Waals surface area (Å²) in [7, 11) is 1.37. The molecule has 0 saturated heterocycles. The maximum atomic E-state index is 13.6. The maximum absolute atomic E-state index is 13.6. The fraction of sp³-hybridized carbons (Fsp3) is 0.0714. The first kappa shape index (κ1) is 13.5. The highest BCUT2D eigenvalue weighted by atomic mass is 79.9. The standard InChI is InChI=1S/C14H11BrFNO2/c1-19-13-5-3-9(7-11(13)16)14(18)8-2-4-12(17)10(15)6-8/h2-7H,17H2,1H3. The van der Waals surface area contributed by atoms with Gasteiger partial charge in [-0.1, -0.05) is 0 Å². The van der Waals surface area contributed by atoms with Crippen LogP contribution >= 0.6 is 15.9 Å². The van der Waals surface area contributed by atoms with Gasteiger partial charge in [0.05, 0.1) is 7.11 Å². The van der Waals surface area contributed by atoms with Gasteiger partial charge in [0.15, 0.2) is 17.3 Å². The van der Waals surface area contributed by atoms with Gasteiger partial charge in [0.2, 0.25) is 0 Å².